The number of nitrogens with zero attached hydrogens (tertiary/aromatic N) is 2. The van der Waals surface area contributed by atoms with E-state index in [9.17, 15) is 5.21 Å². The van der Waals surface area contributed by atoms with E-state index in [4.69, 9.17) is 4.74 Å². The number of aryl methyl sites for hydroxylation is 4. The van der Waals surface area contributed by atoms with Gasteiger partial charge in [-0.25, -0.2) is 4.98 Å². The van der Waals surface area contributed by atoms with Crippen LogP contribution in [-0.4, -0.2) is 16.0 Å². The van der Waals surface area contributed by atoms with E-state index >= 15 is 0 Å². The summed E-state index contributed by atoms with van der Waals surface area (Å²) in [5.41, 5.74) is 8.05. The van der Waals surface area contributed by atoms with Crippen LogP contribution in [0.1, 0.15) is 33.5 Å². The van der Waals surface area contributed by atoms with Crippen LogP contribution in [-0.2, 0) is 6.54 Å². The second kappa shape index (κ2) is 8.67. The smallest absolute Gasteiger partial charge is 0.230 e. The summed E-state index contributed by atoms with van der Waals surface area (Å²) in [7, 11) is 0. The van der Waals surface area contributed by atoms with Crippen molar-refractivity contribution >= 4 is 5.84 Å². The molecule has 0 amide bonds. The van der Waals surface area contributed by atoms with Crippen molar-refractivity contribution in [3.8, 4) is 11.6 Å². The van der Waals surface area contributed by atoms with Crippen molar-refractivity contribution in [1.82, 2.24) is 10.5 Å². The molecule has 3 rings (SSSR count). The molecule has 2 aromatic carbocycles. The zero-order valence-electron chi connectivity index (χ0n) is 16.7. The lowest BCUT2D eigenvalue weighted by atomic mass is 10.1. The number of ether oxygens (including phenoxy) is 1. The Morgan fingerprint density at radius 2 is 1.79 bits per heavy atom. The molecule has 0 aliphatic heterocycles. The van der Waals surface area contributed by atoms with E-state index in [2.05, 4.69) is 21.5 Å². The summed E-state index contributed by atoms with van der Waals surface area (Å²) in [5, 5.41) is 9.71. The Bertz CT molecular complexity index is 1010. The number of amidine groups is 1. The molecule has 0 atom stereocenters. The van der Waals surface area contributed by atoms with Crippen LogP contribution in [0.2, 0.25) is 0 Å². The molecule has 0 unspecified atom stereocenters. The molecule has 2 N–H and O–H groups in total. The Morgan fingerprint density at radius 1 is 1.00 bits per heavy atom. The molecule has 0 fully saturated rings. The number of hydroxylamine groups is 1. The fraction of sp³-hybridized carbons (Fsp3) is 0.217. The summed E-state index contributed by atoms with van der Waals surface area (Å²) in [6, 6.07) is 17.7. The predicted octanol–water partition coefficient (Wildman–Crippen LogP) is 5.03. The molecule has 0 saturated heterocycles. The van der Waals surface area contributed by atoms with Gasteiger partial charge in [0.15, 0.2) is 5.84 Å². The Kier molecular flexibility index (Phi) is 6.06. The maximum Gasteiger partial charge on any atom is 0.230 e. The summed E-state index contributed by atoms with van der Waals surface area (Å²) in [6.45, 7) is 8.41. The zero-order valence-corrected chi connectivity index (χ0v) is 16.7. The Morgan fingerprint density at radius 3 is 2.50 bits per heavy atom. The van der Waals surface area contributed by atoms with Gasteiger partial charge >= 0.3 is 0 Å². The van der Waals surface area contributed by atoms with Crippen LogP contribution >= 0.6 is 0 Å². The lowest BCUT2D eigenvalue weighted by Crippen LogP contribution is -2.22. The van der Waals surface area contributed by atoms with Crippen LogP contribution in [0.15, 0.2) is 59.6 Å². The van der Waals surface area contributed by atoms with Gasteiger partial charge in [0.25, 0.3) is 0 Å². The second-order valence-corrected chi connectivity index (χ2v) is 6.88. The summed E-state index contributed by atoms with van der Waals surface area (Å²) >= 11 is 0. The number of aliphatic imine (C=N–C) groups is 1. The van der Waals surface area contributed by atoms with Crippen molar-refractivity contribution in [3.63, 3.8) is 0 Å². The fourth-order valence-corrected chi connectivity index (χ4v) is 2.94. The maximum atomic E-state index is 9.71. The molecule has 144 valence electrons. The quantitative estimate of drug-likeness (QED) is 0.373. The van der Waals surface area contributed by atoms with Crippen molar-refractivity contribution in [3.05, 3.63) is 88.1 Å². The van der Waals surface area contributed by atoms with E-state index in [0.717, 1.165) is 28.1 Å². The van der Waals surface area contributed by atoms with Crippen molar-refractivity contribution < 1.29 is 9.94 Å². The highest BCUT2D eigenvalue weighted by Gasteiger charge is 2.14. The minimum atomic E-state index is 0.315. The van der Waals surface area contributed by atoms with Crippen LogP contribution in [0.4, 0.5) is 0 Å². The summed E-state index contributed by atoms with van der Waals surface area (Å²) in [6.07, 6.45) is 0. The number of rotatable bonds is 5. The van der Waals surface area contributed by atoms with Gasteiger partial charge in [-0.2, -0.15) is 0 Å². The van der Waals surface area contributed by atoms with Gasteiger partial charge in [-0.3, -0.25) is 15.7 Å². The van der Waals surface area contributed by atoms with Crippen LogP contribution in [0, 0.1) is 27.7 Å². The highest BCUT2D eigenvalue weighted by atomic mass is 16.5. The molecule has 28 heavy (non-hydrogen) atoms. The number of aromatic nitrogens is 1. The largest absolute Gasteiger partial charge is 0.438 e. The third-order valence-corrected chi connectivity index (χ3v) is 4.57. The number of hydrogen-bond donors (Lipinski definition) is 2. The van der Waals surface area contributed by atoms with Crippen LogP contribution in [0.3, 0.4) is 0 Å². The summed E-state index contributed by atoms with van der Waals surface area (Å²) in [5.74, 6) is 1.44. The first-order valence-electron chi connectivity index (χ1n) is 9.20. The number of hydrogen-bond acceptors (Lipinski definition) is 4. The van der Waals surface area contributed by atoms with E-state index in [1.54, 1.807) is 0 Å². The van der Waals surface area contributed by atoms with Gasteiger partial charge in [-0.15, -0.1) is 0 Å². The Labute approximate surface area is 165 Å². The molecule has 5 nitrogen and oxygen atoms in total. The first-order valence-corrected chi connectivity index (χ1v) is 9.20. The molecule has 5 heteroatoms. The molecule has 0 bridgehead atoms. The molecular formula is C23H25N3O2. The van der Waals surface area contributed by atoms with E-state index in [1.165, 1.54) is 5.56 Å². The van der Waals surface area contributed by atoms with Gasteiger partial charge in [0, 0.05) is 5.69 Å². The molecule has 1 aromatic heterocycles. The van der Waals surface area contributed by atoms with Gasteiger partial charge in [-0.1, -0.05) is 42.0 Å². The first-order chi connectivity index (χ1) is 13.5. The van der Waals surface area contributed by atoms with E-state index in [0.29, 0.717) is 23.8 Å². The molecule has 0 spiro atoms. The van der Waals surface area contributed by atoms with Crippen molar-refractivity contribution in [1.29, 1.82) is 0 Å². The summed E-state index contributed by atoms with van der Waals surface area (Å²) in [4.78, 5) is 9.07. The number of pyridine rings is 1. The predicted molar refractivity (Wildman–Crippen MR) is 111 cm³/mol. The molecular weight excluding hydrogens is 350 g/mol. The zero-order chi connectivity index (χ0) is 20.1. The lowest BCUT2D eigenvalue weighted by molar-refractivity contribution is 0.234. The molecule has 0 radical (unpaired) electrons. The SMILES string of the molecule is Cc1ccc(Oc2nc(C)ccc2C(=NCc2ccccc2C)NO)c(C)c1. The van der Waals surface area contributed by atoms with Crippen LogP contribution in [0.5, 0.6) is 11.6 Å². The van der Waals surface area contributed by atoms with Gasteiger partial charge < -0.3 is 4.74 Å². The number of benzene rings is 2. The minimum absolute atomic E-state index is 0.315. The van der Waals surface area contributed by atoms with Crippen molar-refractivity contribution in [2.45, 2.75) is 34.2 Å². The third-order valence-electron chi connectivity index (χ3n) is 4.57. The summed E-state index contributed by atoms with van der Waals surface area (Å²) < 4.78 is 6.09. The molecule has 0 aliphatic rings. The maximum absolute atomic E-state index is 9.71. The van der Waals surface area contributed by atoms with Gasteiger partial charge in [0.05, 0.1) is 12.1 Å². The second-order valence-electron chi connectivity index (χ2n) is 6.88. The average molecular weight is 375 g/mol. The van der Waals surface area contributed by atoms with Crippen LogP contribution < -0.4 is 10.2 Å². The fourth-order valence-electron chi connectivity index (χ4n) is 2.94. The normalized spacial score (nSPS) is 11.4. The van der Waals surface area contributed by atoms with E-state index < -0.39 is 0 Å². The van der Waals surface area contributed by atoms with Gasteiger partial charge in [-0.05, 0) is 62.6 Å². The lowest BCUT2D eigenvalue weighted by Gasteiger charge is -2.14. The molecule has 3 aromatic rings. The van der Waals surface area contributed by atoms with Crippen molar-refractivity contribution in [2.75, 3.05) is 0 Å². The minimum Gasteiger partial charge on any atom is -0.438 e. The first kappa shape index (κ1) is 19.6. The van der Waals surface area contributed by atoms with Gasteiger partial charge in [0.1, 0.15) is 5.75 Å². The molecule has 1 heterocycles. The molecule has 0 aliphatic carbocycles. The van der Waals surface area contributed by atoms with E-state index in [-0.39, 0.29) is 0 Å². The monoisotopic (exact) mass is 375 g/mol. The Balaban J connectivity index is 1.95. The van der Waals surface area contributed by atoms with Crippen LogP contribution in [0.25, 0.3) is 0 Å². The van der Waals surface area contributed by atoms with E-state index in [1.807, 2.05) is 76.2 Å². The Hall–Kier alpha value is -3.18. The standard InChI is InChI=1S/C23H25N3O2/c1-15-9-12-21(17(3)13-15)28-23-20(11-10-18(4)25-23)22(26-27)24-14-19-8-6-5-7-16(19)2/h5-13,27H,14H2,1-4H3,(H,24,26). The molecule has 0 saturated carbocycles. The highest BCUT2D eigenvalue weighted by molar-refractivity contribution is 6.00. The number of nitrogens with one attached hydrogen (secondary N) is 1. The highest BCUT2D eigenvalue weighted by Crippen LogP contribution is 2.27. The van der Waals surface area contributed by atoms with Gasteiger partial charge in [0.2, 0.25) is 5.88 Å². The third kappa shape index (κ3) is 4.56. The topological polar surface area (TPSA) is 66.7 Å². The average Bonchev–Trinajstić information content (AvgIpc) is 2.67. The van der Waals surface area contributed by atoms with Crippen molar-refractivity contribution in [2.24, 2.45) is 4.99 Å².